The highest BCUT2D eigenvalue weighted by Crippen LogP contribution is 2.10. The largest absolute Gasteiger partial charge is 0.399 e. The first kappa shape index (κ1) is 15.4. The van der Waals surface area contributed by atoms with Gasteiger partial charge >= 0.3 is 0 Å². The van der Waals surface area contributed by atoms with Crippen molar-refractivity contribution < 1.29 is 17.6 Å². The van der Waals surface area contributed by atoms with Crippen molar-refractivity contribution in [1.29, 1.82) is 0 Å². The highest BCUT2D eigenvalue weighted by molar-refractivity contribution is 7.89. The summed E-state index contributed by atoms with van der Waals surface area (Å²) >= 11 is 0. The second kappa shape index (κ2) is 6.48. The molecule has 0 radical (unpaired) electrons. The molecule has 0 unspecified atom stereocenters. The van der Waals surface area contributed by atoms with Gasteiger partial charge in [0.2, 0.25) is 10.0 Å². The molecule has 1 amide bonds. The summed E-state index contributed by atoms with van der Waals surface area (Å²) in [5.74, 6) is -1.43. The molecule has 0 heterocycles. The van der Waals surface area contributed by atoms with Gasteiger partial charge < -0.3 is 11.1 Å². The van der Waals surface area contributed by atoms with Crippen LogP contribution in [0.4, 0.5) is 10.1 Å². The van der Waals surface area contributed by atoms with Crippen LogP contribution in [0.15, 0.2) is 18.2 Å². The molecule has 106 valence electrons. The maximum absolute atomic E-state index is 13.0. The maximum atomic E-state index is 13.0. The molecule has 6 nitrogen and oxygen atoms in total. The normalized spacial score (nSPS) is 11.3. The molecule has 1 aromatic rings. The molecule has 0 spiro atoms. The fraction of sp³-hybridized carbons (Fsp3) is 0.364. The van der Waals surface area contributed by atoms with Crippen molar-refractivity contribution in [2.45, 2.75) is 6.92 Å². The minimum Gasteiger partial charge on any atom is -0.399 e. The number of benzene rings is 1. The van der Waals surface area contributed by atoms with Crippen molar-refractivity contribution in [1.82, 2.24) is 10.0 Å². The van der Waals surface area contributed by atoms with Gasteiger partial charge in [0.1, 0.15) is 5.82 Å². The van der Waals surface area contributed by atoms with E-state index in [1.807, 2.05) is 0 Å². The highest BCUT2D eigenvalue weighted by atomic mass is 32.2. The number of sulfonamides is 1. The molecule has 4 N–H and O–H groups in total. The molecule has 0 saturated heterocycles. The maximum Gasteiger partial charge on any atom is 0.251 e. The van der Waals surface area contributed by atoms with Crippen molar-refractivity contribution in [2.24, 2.45) is 0 Å². The van der Waals surface area contributed by atoms with E-state index >= 15 is 0 Å². The van der Waals surface area contributed by atoms with Crippen LogP contribution < -0.4 is 15.8 Å². The number of nitrogens with two attached hydrogens (primary N) is 1. The number of hydrogen-bond acceptors (Lipinski definition) is 4. The highest BCUT2D eigenvalue weighted by Gasteiger charge is 2.11. The molecule has 0 aliphatic rings. The van der Waals surface area contributed by atoms with Gasteiger partial charge in [-0.15, -0.1) is 0 Å². The van der Waals surface area contributed by atoms with Gasteiger partial charge in [0.25, 0.3) is 5.91 Å². The third kappa shape index (κ3) is 5.23. The van der Waals surface area contributed by atoms with E-state index in [1.165, 1.54) is 6.07 Å². The third-order valence-electron chi connectivity index (χ3n) is 2.20. The number of hydrogen-bond donors (Lipinski definition) is 3. The van der Waals surface area contributed by atoms with E-state index in [-0.39, 0.29) is 30.1 Å². The lowest BCUT2D eigenvalue weighted by atomic mass is 10.2. The number of anilines is 1. The lowest BCUT2D eigenvalue weighted by Crippen LogP contribution is -2.34. The van der Waals surface area contributed by atoms with E-state index in [0.29, 0.717) is 0 Å². The first-order chi connectivity index (χ1) is 8.84. The van der Waals surface area contributed by atoms with Gasteiger partial charge in [-0.2, -0.15) is 0 Å². The third-order valence-corrected chi connectivity index (χ3v) is 3.67. The quantitative estimate of drug-likeness (QED) is 0.645. The summed E-state index contributed by atoms with van der Waals surface area (Å²) in [6.45, 7) is 1.88. The van der Waals surface area contributed by atoms with Crippen molar-refractivity contribution in [3.8, 4) is 0 Å². The summed E-state index contributed by atoms with van der Waals surface area (Å²) in [5, 5.41) is 2.39. The van der Waals surface area contributed by atoms with Crippen molar-refractivity contribution >= 4 is 21.6 Å². The van der Waals surface area contributed by atoms with E-state index in [1.54, 1.807) is 6.92 Å². The Morgan fingerprint density at radius 2 is 2.05 bits per heavy atom. The molecule has 0 fully saturated rings. The molecule has 1 rings (SSSR count). The molecule has 0 saturated carbocycles. The van der Waals surface area contributed by atoms with E-state index in [4.69, 9.17) is 5.73 Å². The second-order valence-corrected chi connectivity index (χ2v) is 5.77. The summed E-state index contributed by atoms with van der Waals surface area (Å²) in [7, 11) is -3.39. The van der Waals surface area contributed by atoms with Gasteiger partial charge in [-0.1, -0.05) is 6.92 Å². The average molecular weight is 289 g/mol. The number of halogens is 1. The first-order valence-corrected chi connectivity index (χ1v) is 7.31. The zero-order chi connectivity index (χ0) is 14.5. The van der Waals surface area contributed by atoms with Gasteiger partial charge in [-0.25, -0.2) is 17.5 Å². The number of carbonyl (C=O) groups is 1. The van der Waals surface area contributed by atoms with Gasteiger partial charge in [-0.3, -0.25) is 4.79 Å². The van der Waals surface area contributed by atoms with Crippen molar-refractivity contribution in [3.05, 3.63) is 29.6 Å². The SMILES string of the molecule is CCNS(=O)(=O)CCNC(=O)c1cc(N)cc(F)c1. The predicted molar refractivity (Wildman–Crippen MR) is 70.6 cm³/mol. The zero-order valence-electron chi connectivity index (χ0n) is 10.4. The molecular weight excluding hydrogens is 273 g/mol. The minimum atomic E-state index is -3.39. The lowest BCUT2D eigenvalue weighted by molar-refractivity contribution is 0.0955. The van der Waals surface area contributed by atoms with E-state index < -0.39 is 21.7 Å². The fourth-order valence-electron chi connectivity index (χ4n) is 1.44. The summed E-state index contributed by atoms with van der Waals surface area (Å²) in [5.41, 5.74) is 5.59. The van der Waals surface area contributed by atoms with Gasteiger partial charge in [0, 0.05) is 24.3 Å². The number of nitrogen functional groups attached to an aromatic ring is 1. The number of nitrogens with one attached hydrogen (secondary N) is 2. The Kier molecular flexibility index (Phi) is 5.25. The van der Waals surface area contributed by atoms with Crippen LogP contribution in [0.3, 0.4) is 0 Å². The van der Waals surface area contributed by atoms with Crippen LogP contribution in [-0.4, -0.2) is 33.2 Å². The summed E-state index contributed by atoms with van der Waals surface area (Å²) < 4.78 is 38.0. The zero-order valence-corrected chi connectivity index (χ0v) is 11.3. The second-order valence-electron chi connectivity index (χ2n) is 3.85. The van der Waals surface area contributed by atoms with Crippen LogP contribution in [0.5, 0.6) is 0 Å². The minimum absolute atomic E-state index is 0.0540. The molecule has 0 atom stereocenters. The molecular formula is C11H16FN3O3S. The monoisotopic (exact) mass is 289 g/mol. The van der Waals surface area contributed by atoms with E-state index in [9.17, 15) is 17.6 Å². The Bertz CT molecular complexity index is 540. The van der Waals surface area contributed by atoms with Gasteiger partial charge in [-0.05, 0) is 18.2 Å². The van der Waals surface area contributed by atoms with Crippen LogP contribution in [0.1, 0.15) is 17.3 Å². The van der Waals surface area contributed by atoms with Crippen molar-refractivity contribution in [2.75, 3.05) is 24.6 Å². The Labute approximate surface area is 111 Å². The van der Waals surface area contributed by atoms with Crippen LogP contribution in [0.25, 0.3) is 0 Å². The predicted octanol–water partition coefficient (Wildman–Crippen LogP) is 0.0770. The smallest absolute Gasteiger partial charge is 0.251 e. The van der Waals surface area contributed by atoms with Crippen molar-refractivity contribution in [3.63, 3.8) is 0 Å². The van der Waals surface area contributed by atoms with Crippen LogP contribution in [0.2, 0.25) is 0 Å². The fourth-order valence-corrected chi connectivity index (χ4v) is 2.39. The van der Waals surface area contributed by atoms with Crippen LogP contribution in [-0.2, 0) is 10.0 Å². The molecule has 0 bridgehead atoms. The summed E-state index contributed by atoms with van der Waals surface area (Å²) in [6, 6.07) is 3.44. The van der Waals surface area contributed by atoms with Crippen LogP contribution in [0, 0.1) is 5.82 Å². The molecule has 0 aliphatic heterocycles. The molecule has 1 aromatic carbocycles. The Morgan fingerprint density at radius 1 is 1.37 bits per heavy atom. The molecule has 19 heavy (non-hydrogen) atoms. The summed E-state index contributed by atoms with van der Waals surface area (Å²) in [6.07, 6.45) is 0. The Balaban J connectivity index is 2.57. The molecule has 0 aliphatic carbocycles. The van der Waals surface area contributed by atoms with E-state index in [2.05, 4.69) is 10.0 Å². The molecule has 0 aromatic heterocycles. The standard InChI is InChI=1S/C11H16FN3O3S/c1-2-15-19(17,18)4-3-14-11(16)8-5-9(12)7-10(13)6-8/h5-7,15H,2-4,13H2,1H3,(H,14,16). The van der Waals surface area contributed by atoms with Gasteiger partial charge in [0.15, 0.2) is 0 Å². The lowest BCUT2D eigenvalue weighted by Gasteiger charge is -2.07. The van der Waals surface area contributed by atoms with Gasteiger partial charge in [0.05, 0.1) is 5.75 Å². The Morgan fingerprint density at radius 3 is 2.63 bits per heavy atom. The number of amides is 1. The first-order valence-electron chi connectivity index (χ1n) is 5.65. The number of rotatable bonds is 6. The number of carbonyl (C=O) groups excluding carboxylic acids is 1. The topological polar surface area (TPSA) is 101 Å². The average Bonchev–Trinajstić information content (AvgIpc) is 2.27. The molecule has 8 heteroatoms. The van der Waals surface area contributed by atoms with E-state index in [0.717, 1.165) is 12.1 Å². The van der Waals surface area contributed by atoms with Crippen LogP contribution >= 0.6 is 0 Å². The summed E-state index contributed by atoms with van der Waals surface area (Å²) in [4.78, 5) is 11.6. The Hall–Kier alpha value is -1.67.